The molecule has 0 rings (SSSR count). The molecule has 0 bridgehead atoms. The van der Waals surface area contributed by atoms with Crippen LogP contribution in [0.1, 0.15) is 19.8 Å². The summed E-state index contributed by atoms with van der Waals surface area (Å²) in [5, 5.41) is 11.1. The van der Waals surface area contributed by atoms with E-state index in [1.807, 2.05) is 19.6 Å². The lowest BCUT2D eigenvalue weighted by molar-refractivity contribution is -0.141. The number of nitrogens with one attached hydrogen (secondary N) is 1. The first kappa shape index (κ1) is 17.4. The number of carbonyl (C=O) groups is 3. The Labute approximate surface area is 114 Å². The molecule has 0 spiro atoms. The van der Waals surface area contributed by atoms with E-state index in [1.54, 1.807) is 0 Å². The standard InChI is InChI=1S/C12H21NO5Si/c1-8(2)11(16)13-9(6-7-10(14)15)12(17)18-19(3,4)5/h9H,1,6-7H2,2-5H3,(H,13,16)(H,14,15)/t9-/m0/s1. The van der Waals surface area contributed by atoms with Crippen LogP contribution in [0.3, 0.4) is 0 Å². The van der Waals surface area contributed by atoms with Gasteiger partial charge < -0.3 is 14.8 Å². The Morgan fingerprint density at radius 2 is 1.84 bits per heavy atom. The Morgan fingerprint density at radius 1 is 1.32 bits per heavy atom. The fraction of sp³-hybridized carbons (Fsp3) is 0.583. The van der Waals surface area contributed by atoms with E-state index >= 15 is 0 Å². The van der Waals surface area contributed by atoms with Crippen LogP contribution in [0.4, 0.5) is 0 Å². The zero-order valence-electron chi connectivity index (χ0n) is 11.8. The molecule has 1 amide bonds. The van der Waals surface area contributed by atoms with Gasteiger partial charge in [0.25, 0.3) is 0 Å². The molecule has 0 saturated heterocycles. The van der Waals surface area contributed by atoms with Crippen LogP contribution in [0.25, 0.3) is 0 Å². The van der Waals surface area contributed by atoms with Gasteiger partial charge in [-0.2, -0.15) is 0 Å². The van der Waals surface area contributed by atoms with Gasteiger partial charge in [0.2, 0.25) is 14.2 Å². The zero-order valence-corrected chi connectivity index (χ0v) is 12.8. The minimum absolute atomic E-state index is 0.00231. The molecule has 0 aliphatic rings. The van der Waals surface area contributed by atoms with Gasteiger partial charge in [0.05, 0.1) is 0 Å². The van der Waals surface area contributed by atoms with E-state index in [9.17, 15) is 14.4 Å². The largest absolute Gasteiger partial charge is 0.518 e. The van der Waals surface area contributed by atoms with Crippen LogP contribution in [0.15, 0.2) is 12.2 Å². The topological polar surface area (TPSA) is 92.7 Å². The average molecular weight is 287 g/mol. The molecule has 0 fully saturated rings. The van der Waals surface area contributed by atoms with Crippen molar-refractivity contribution in [3.63, 3.8) is 0 Å². The summed E-state index contributed by atoms with van der Waals surface area (Å²) in [7, 11) is -2.09. The fourth-order valence-electron chi connectivity index (χ4n) is 1.17. The van der Waals surface area contributed by atoms with Gasteiger partial charge in [-0.3, -0.25) is 14.4 Å². The molecule has 0 aromatic rings. The van der Waals surface area contributed by atoms with Crippen molar-refractivity contribution in [3.8, 4) is 0 Å². The molecule has 0 aromatic heterocycles. The predicted molar refractivity (Wildman–Crippen MR) is 73.1 cm³/mol. The number of carbonyl (C=O) groups excluding carboxylic acids is 2. The van der Waals surface area contributed by atoms with Crippen molar-refractivity contribution in [2.75, 3.05) is 0 Å². The quantitative estimate of drug-likeness (QED) is 0.543. The summed E-state index contributed by atoms with van der Waals surface area (Å²) in [6.45, 7) is 10.5. The minimum Gasteiger partial charge on any atom is -0.518 e. The lowest BCUT2D eigenvalue weighted by Gasteiger charge is -2.23. The minimum atomic E-state index is -2.09. The molecule has 0 unspecified atom stereocenters. The van der Waals surface area contributed by atoms with Gasteiger partial charge in [-0.25, -0.2) is 0 Å². The van der Waals surface area contributed by atoms with Crippen molar-refractivity contribution >= 4 is 26.2 Å². The average Bonchev–Trinajstić information content (AvgIpc) is 2.20. The molecule has 2 N–H and O–H groups in total. The van der Waals surface area contributed by atoms with E-state index in [1.165, 1.54) is 6.92 Å². The number of amides is 1. The lowest BCUT2D eigenvalue weighted by atomic mass is 10.1. The molecular weight excluding hydrogens is 266 g/mol. The second-order valence-electron chi connectivity index (χ2n) is 5.27. The predicted octanol–water partition coefficient (Wildman–Crippen LogP) is 1.29. The highest BCUT2D eigenvalue weighted by molar-refractivity contribution is 6.71. The van der Waals surface area contributed by atoms with Gasteiger partial charge in [0, 0.05) is 12.0 Å². The van der Waals surface area contributed by atoms with Gasteiger partial charge in [-0.05, 0) is 33.0 Å². The third kappa shape index (κ3) is 8.14. The molecule has 0 aliphatic carbocycles. The van der Waals surface area contributed by atoms with Crippen molar-refractivity contribution in [2.45, 2.75) is 45.4 Å². The molecule has 0 aliphatic heterocycles. The molecule has 6 nitrogen and oxygen atoms in total. The Bertz CT molecular complexity index is 386. The Morgan fingerprint density at radius 3 is 2.21 bits per heavy atom. The number of rotatable bonds is 7. The van der Waals surface area contributed by atoms with E-state index < -0.39 is 32.2 Å². The summed E-state index contributed by atoms with van der Waals surface area (Å²) in [4.78, 5) is 34.0. The second kappa shape index (κ2) is 7.08. The van der Waals surface area contributed by atoms with E-state index in [4.69, 9.17) is 9.53 Å². The number of hydrogen-bond donors (Lipinski definition) is 2. The number of carboxylic acid groups (broad SMARTS) is 1. The molecule has 0 saturated carbocycles. The molecule has 108 valence electrons. The van der Waals surface area contributed by atoms with Gasteiger partial charge in [0.1, 0.15) is 6.04 Å². The Kier molecular flexibility index (Phi) is 6.47. The number of hydrogen-bond acceptors (Lipinski definition) is 4. The summed E-state index contributed by atoms with van der Waals surface area (Å²) in [5.41, 5.74) is 0.251. The van der Waals surface area contributed by atoms with Crippen LogP contribution in [-0.2, 0) is 18.8 Å². The van der Waals surface area contributed by atoms with Crippen LogP contribution >= 0.6 is 0 Å². The van der Waals surface area contributed by atoms with Gasteiger partial charge >= 0.3 is 11.9 Å². The third-order valence-corrected chi connectivity index (χ3v) is 2.84. The van der Waals surface area contributed by atoms with Crippen LogP contribution in [0.2, 0.25) is 19.6 Å². The van der Waals surface area contributed by atoms with E-state index in [2.05, 4.69) is 11.9 Å². The van der Waals surface area contributed by atoms with Crippen LogP contribution in [0, 0.1) is 0 Å². The lowest BCUT2D eigenvalue weighted by Crippen LogP contribution is -2.45. The van der Waals surface area contributed by atoms with Crippen molar-refractivity contribution < 1.29 is 23.9 Å². The summed E-state index contributed by atoms with van der Waals surface area (Å²) >= 11 is 0. The molecule has 1 atom stereocenters. The van der Waals surface area contributed by atoms with Crippen molar-refractivity contribution in [1.29, 1.82) is 0 Å². The number of aliphatic carboxylic acids is 1. The maximum absolute atomic E-state index is 11.9. The molecular formula is C12H21NO5Si. The molecule has 7 heteroatoms. The SMILES string of the molecule is C=C(C)C(=O)N[C@@H](CCC(=O)O)C(=O)O[Si](C)(C)C. The Balaban J connectivity index is 4.74. The normalized spacial score (nSPS) is 12.4. The van der Waals surface area contributed by atoms with Crippen molar-refractivity contribution in [3.05, 3.63) is 12.2 Å². The third-order valence-electron chi connectivity index (χ3n) is 2.03. The van der Waals surface area contributed by atoms with Crippen LogP contribution < -0.4 is 5.32 Å². The maximum atomic E-state index is 11.9. The van der Waals surface area contributed by atoms with E-state index in [0.29, 0.717) is 0 Å². The highest BCUT2D eigenvalue weighted by Crippen LogP contribution is 2.08. The maximum Gasteiger partial charge on any atom is 0.315 e. The first-order valence-electron chi connectivity index (χ1n) is 5.94. The van der Waals surface area contributed by atoms with Crippen LogP contribution in [0.5, 0.6) is 0 Å². The first-order chi connectivity index (χ1) is 8.53. The van der Waals surface area contributed by atoms with Crippen molar-refractivity contribution in [1.82, 2.24) is 5.32 Å². The van der Waals surface area contributed by atoms with Crippen LogP contribution in [-0.4, -0.2) is 37.3 Å². The summed E-state index contributed by atoms with van der Waals surface area (Å²) in [6, 6.07) is -0.952. The molecule has 0 aromatic carbocycles. The zero-order chi connectivity index (χ0) is 15.2. The molecule has 0 heterocycles. The molecule has 0 radical (unpaired) electrons. The summed E-state index contributed by atoms with van der Waals surface area (Å²) < 4.78 is 5.28. The van der Waals surface area contributed by atoms with Gasteiger partial charge in [-0.15, -0.1) is 0 Å². The summed E-state index contributed by atoms with van der Waals surface area (Å²) in [5.74, 6) is -2.10. The van der Waals surface area contributed by atoms with E-state index in [-0.39, 0.29) is 18.4 Å². The second-order valence-corrected chi connectivity index (χ2v) is 9.70. The van der Waals surface area contributed by atoms with E-state index in [0.717, 1.165) is 0 Å². The summed E-state index contributed by atoms with van der Waals surface area (Å²) in [6.07, 6.45) is -0.223. The first-order valence-corrected chi connectivity index (χ1v) is 9.35. The van der Waals surface area contributed by atoms with Crippen molar-refractivity contribution in [2.24, 2.45) is 0 Å². The highest BCUT2D eigenvalue weighted by Gasteiger charge is 2.28. The smallest absolute Gasteiger partial charge is 0.315 e. The van der Waals surface area contributed by atoms with Gasteiger partial charge in [0.15, 0.2) is 0 Å². The monoisotopic (exact) mass is 287 g/mol. The molecule has 19 heavy (non-hydrogen) atoms. The fourth-order valence-corrected chi connectivity index (χ4v) is 1.92. The number of carboxylic acids is 1. The van der Waals surface area contributed by atoms with Gasteiger partial charge in [-0.1, -0.05) is 6.58 Å². The Hall–Kier alpha value is -1.63. The highest BCUT2D eigenvalue weighted by atomic mass is 28.4.